The van der Waals surface area contributed by atoms with Crippen LogP contribution in [0.15, 0.2) is 108 Å². The largest absolute Gasteiger partial charge is 0.492 e. The number of carbonyl (C=O) groups excluding carboxylic acids is 2. The number of ether oxygens (including phenoxy) is 1. The lowest BCUT2D eigenvalue weighted by molar-refractivity contribution is -0.140. The number of para-hydroxylation sites is 2. The highest BCUT2D eigenvalue weighted by atomic mass is 35.5. The number of sulfonamides is 1. The molecule has 4 aromatic carbocycles. The van der Waals surface area contributed by atoms with Crippen LogP contribution in [0.5, 0.6) is 5.75 Å². The summed E-state index contributed by atoms with van der Waals surface area (Å²) in [6, 6.07) is 28.6. The summed E-state index contributed by atoms with van der Waals surface area (Å²) in [5.41, 5.74) is 2.71. The second kappa shape index (κ2) is 16.5. The summed E-state index contributed by atoms with van der Waals surface area (Å²) in [7, 11) is -4.26. The van der Waals surface area contributed by atoms with E-state index >= 15 is 0 Å². The van der Waals surface area contributed by atoms with Crippen LogP contribution in [0.2, 0.25) is 5.02 Å². The Bertz CT molecular complexity index is 1730. The fourth-order valence-corrected chi connectivity index (χ4v) is 6.62. The van der Waals surface area contributed by atoms with Crippen molar-refractivity contribution >= 4 is 39.1 Å². The minimum atomic E-state index is -4.26. The normalized spacial score (nSPS) is 12.5. The average molecular weight is 676 g/mol. The molecule has 0 aliphatic rings. The molecule has 0 saturated heterocycles. The summed E-state index contributed by atoms with van der Waals surface area (Å²) < 4.78 is 35.6. The molecule has 0 radical (unpaired) electrons. The first-order chi connectivity index (χ1) is 22.5. The molecule has 2 amide bonds. The predicted molar refractivity (Wildman–Crippen MR) is 187 cm³/mol. The number of halogens is 1. The predicted octanol–water partition coefficient (Wildman–Crippen LogP) is 6.80. The molecule has 0 aromatic heterocycles. The van der Waals surface area contributed by atoms with Crippen molar-refractivity contribution in [1.82, 2.24) is 10.2 Å². The van der Waals surface area contributed by atoms with Crippen LogP contribution in [0.1, 0.15) is 43.9 Å². The van der Waals surface area contributed by atoms with E-state index in [0.29, 0.717) is 23.8 Å². The molecule has 0 bridgehead atoms. The van der Waals surface area contributed by atoms with Crippen molar-refractivity contribution in [3.63, 3.8) is 0 Å². The Morgan fingerprint density at radius 3 is 2.13 bits per heavy atom. The van der Waals surface area contributed by atoms with Crippen molar-refractivity contribution in [3.05, 3.63) is 125 Å². The molecule has 1 N–H and O–H groups in total. The lowest BCUT2D eigenvalue weighted by atomic mass is 10.0. The first-order valence-corrected chi connectivity index (χ1v) is 17.5. The van der Waals surface area contributed by atoms with Crippen LogP contribution in [-0.2, 0) is 32.6 Å². The first-order valence-electron chi connectivity index (χ1n) is 15.7. The number of nitrogens with one attached hydrogen (secondary N) is 1. The molecule has 0 spiro atoms. The van der Waals surface area contributed by atoms with Crippen LogP contribution in [0.3, 0.4) is 0 Å². The summed E-state index contributed by atoms with van der Waals surface area (Å²) in [5.74, 6) is -0.562. The van der Waals surface area contributed by atoms with Gasteiger partial charge in [0.25, 0.3) is 10.0 Å². The second-order valence-corrected chi connectivity index (χ2v) is 13.7. The summed E-state index contributed by atoms with van der Waals surface area (Å²) in [5, 5.41) is 3.58. The third-order valence-corrected chi connectivity index (χ3v) is 9.89. The molecule has 10 heteroatoms. The van der Waals surface area contributed by atoms with Gasteiger partial charge in [0.1, 0.15) is 18.3 Å². The minimum Gasteiger partial charge on any atom is -0.492 e. The maximum absolute atomic E-state index is 14.7. The zero-order valence-electron chi connectivity index (χ0n) is 27.2. The van der Waals surface area contributed by atoms with Crippen LogP contribution in [-0.4, -0.2) is 50.4 Å². The van der Waals surface area contributed by atoms with Gasteiger partial charge in [0.15, 0.2) is 0 Å². The number of anilines is 1. The van der Waals surface area contributed by atoms with Crippen LogP contribution < -0.4 is 14.4 Å². The Morgan fingerprint density at radius 2 is 1.49 bits per heavy atom. The Hall–Kier alpha value is -4.34. The summed E-state index contributed by atoms with van der Waals surface area (Å²) in [4.78, 5) is 30.1. The highest BCUT2D eigenvalue weighted by Crippen LogP contribution is 2.33. The smallest absolute Gasteiger partial charge is 0.264 e. The van der Waals surface area contributed by atoms with E-state index in [1.54, 1.807) is 67.6 Å². The summed E-state index contributed by atoms with van der Waals surface area (Å²) in [6.45, 7) is 7.32. The highest BCUT2D eigenvalue weighted by molar-refractivity contribution is 7.92. The lowest BCUT2D eigenvalue weighted by Gasteiger charge is -2.34. The van der Waals surface area contributed by atoms with Gasteiger partial charge in [-0.25, -0.2) is 8.42 Å². The standard InChI is InChI=1S/C37H42ClN3O5S/c1-5-28(4)39-37(43)34(24-29-12-8-7-9-13-29)40(25-30-18-20-31(38)21-19-30)36(42)26-41(33-14-10-11-15-35(33)46-6-2)47(44,45)32-22-16-27(3)17-23-32/h7-23,28,34H,5-6,24-26H2,1-4H3,(H,39,43)/t28-,34+/m0/s1. The van der Waals surface area contributed by atoms with Gasteiger partial charge in [0.2, 0.25) is 11.8 Å². The molecule has 0 unspecified atom stereocenters. The Kier molecular flexibility index (Phi) is 12.4. The fourth-order valence-electron chi connectivity index (χ4n) is 5.07. The van der Waals surface area contributed by atoms with Gasteiger partial charge in [-0.2, -0.15) is 0 Å². The van der Waals surface area contributed by atoms with Gasteiger partial charge in [-0.05, 0) is 74.7 Å². The Balaban J connectivity index is 1.84. The van der Waals surface area contributed by atoms with Gasteiger partial charge >= 0.3 is 0 Å². The molecule has 8 nitrogen and oxygen atoms in total. The van der Waals surface area contributed by atoms with Gasteiger partial charge in [-0.1, -0.05) is 90.8 Å². The van der Waals surface area contributed by atoms with E-state index < -0.39 is 28.5 Å². The van der Waals surface area contributed by atoms with Gasteiger partial charge in [0, 0.05) is 24.0 Å². The van der Waals surface area contributed by atoms with E-state index in [9.17, 15) is 18.0 Å². The molecule has 47 heavy (non-hydrogen) atoms. The van der Waals surface area contributed by atoms with Crippen molar-refractivity contribution < 1.29 is 22.7 Å². The van der Waals surface area contributed by atoms with Gasteiger partial charge in [-0.3, -0.25) is 13.9 Å². The van der Waals surface area contributed by atoms with Gasteiger partial charge < -0.3 is 15.0 Å². The molecule has 0 heterocycles. The zero-order valence-corrected chi connectivity index (χ0v) is 28.8. The molecule has 2 atom stereocenters. The van der Waals surface area contributed by atoms with Crippen molar-refractivity contribution in [2.24, 2.45) is 0 Å². The number of benzene rings is 4. The number of amides is 2. The third-order valence-electron chi connectivity index (χ3n) is 7.86. The van der Waals surface area contributed by atoms with E-state index in [0.717, 1.165) is 21.0 Å². The molecule has 0 aliphatic heterocycles. The topological polar surface area (TPSA) is 96.0 Å². The summed E-state index contributed by atoms with van der Waals surface area (Å²) in [6.07, 6.45) is 0.925. The van der Waals surface area contributed by atoms with Crippen molar-refractivity contribution in [3.8, 4) is 5.75 Å². The van der Waals surface area contributed by atoms with E-state index in [1.165, 1.54) is 17.0 Å². The van der Waals surface area contributed by atoms with Gasteiger partial charge in [0.05, 0.1) is 17.2 Å². The fraction of sp³-hybridized carbons (Fsp3) is 0.297. The maximum atomic E-state index is 14.7. The SMILES string of the molecule is CCOc1ccccc1N(CC(=O)N(Cc1ccc(Cl)cc1)[C@H](Cc1ccccc1)C(=O)N[C@@H](C)CC)S(=O)(=O)c1ccc(C)cc1. The summed E-state index contributed by atoms with van der Waals surface area (Å²) >= 11 is 6.17. The number of carbonyl (C=O) groups is 2. The number of aryl methyl sites for hydroxylation is 1. The second-order valence-electron chi connectivity index (χ2n) is 11.4. The average Bonchev–Trinajstić information content (AvgIpc) is 3.07. The quantitative estimate of drug-likeness (QED) is 0.150. The maximum Gasteiger partial charge on any atom is 0.264 e. The van der Waals surface area contributed by atoms with Crippen LogP contribution in [0, 0.1) is 6.92 Å². The van der Waals surface area contributed by atoms with E-state index in [2.05, 4.69) is 5.32 Å². The molecule has 0 saturated carbocycles. The van der Waals surface area contributed by atoms with Crippen LogP contribution in [0.25, 0.3) is 0 Å². The lowest BCUT2D eigenvalue weighted by Crippen LogP contribution is -2.54. The molecule has 248 valence electrons. The zero-order chi connectivity index (χ0) is 34.0. The van der Waals surface area contributed by atoms with E-state index in [-0.39, 0.29) is 35.5 Å². The number of hydrogen-bond donors (Lipinski definition) is 1. The number of hydrogen-bond acceptors (Lipinski definition) is 5. The minimum absolute atomic E-state index is 0.0294. The molecular formula is C37H42ClN3O5S. The molecule has 4 rings (SSSR count). The number of rotatable bonds is 15. The molecule has 0 aliphatic carbocycles. The van der Waals surface area contributed by atoms with Crippen molar-refractivity contribution in [1.29, 1.82) is 0 Å². The molecular weight excluding hydrogens is 634 g/mol. The highest BCUT2D eigenvalue weighted by Gasteiger charge is 2.35. The first kappa shape index (κ1) is 35.5. The van der Waals surface area contributed by atoms with E-state index in [4.69, 9.17) is 16.3 Å². The Morgan fingerprint density at radius 1 is 0.851 bits per heavy atom. The van der Waals surface area contributed by atoms with Crippen molar-refractivity contribution in [2.45, 2.75) is 64.1 Å². The molecule has 0 fully saturated rings. The van der Waals surface area contributed by atoms with Gasteiger partial charge in [-0.15, -0.1) is 0 Å². The van der Waals surface area contributed by atoms with Crippen molar-refractivity contribution in [2.75, 3.05) is 17.5 Å². The van der Waals surface area contributed by atoms with Crippen LogP contribution in [0.4, 0.5) is 5.69 Å². The number of nitrogens with zero attached hydrogens (tertiary/aromatic N) is 2. The van der Waals surface area contributed by atoms with Crippen LogP contribution >= 0.6 is 11.6 Å². The third kappa shape index (κ3) is 9.36. The Labute approximate surface area is 283 Å². The molecule has 4 aromatic rings. The monoisotopic (exact) mass is 675 g/mol. The van der Waals surface area contributed by atoms with E-state index in [1.807, 2.05) is 51.1 Å².